The Hall–Kier alpha value is -1.99. The highest BCUT2D eigenvalue weighted by molar-refractivity contribution is 7.98. The number of benzene rings is 2. The molecule has 136 valence electrons. The largest absolute Gasteiger partial charge is 0.467 e. The zero-order valence-electron chi connectivity index (χ0n) is 13.9. The summed E-state index contributed by atoms with van der Waals surface area (Å²) in [6.45, 7) is 0.734. The van der Waals surface area contributed by atoms with E-state index in [1.165, 1.54) is 11.8 Å². The van der Waals surface area contributed by atoms with E-state index in [0.717, 1.165) is 22.3 Å². The summed E-state index contributed by atoms with van der Waals surface area (Å²) >= 11 is 14.0. The molecule has 0 bridgehead atoms. The number of hydrogen-bond donors (Lipinski definition) is 0. The van der Waals surface area contributed by atoms with Crippen LogP contribution in [-0.4, -0.2) is 16.8 Å². The summed E-state index contributed by atoms with van der Waals surface area (Å²) in [6.07, 6.45) is 1.71. The first-order valence-electron chi connectivity index (χ1n) is 8.17. The molecule has 0 saturated carbocycles. The molecule has 0 spiro atoms. The second-order valence-electron chi connectivity index (χ2n) is 6.04. The van der Waals surface area contributed by atoms with Crippen LogP contribution in [0, 0.1) is 0 Å². The maximum Gasteiger partial charge on any atom is 0.257 e. The Morgan fingerprint density at radius 1 is 1.19 bits per heavy atom. The van der Waals surface area contributed by atoms with Gasteiger partial charge in [-0.3, -0.25) is 4.98 Å². The van der Waals surface area contributed by atoms with E-state index in [9.17, 15) is 0 Å². The average molecular weight is 419 g/mol. The van der Waals surface area contributed by atoms with E-state index in [1.54, 1.807) is 12.3 Å². The predicted molar refractivity (Wildman–Crippen MR) is 106 cm³/mol. The number of ether oxygens (including phenoxy) is 2. The molecule has 2 aromatic heterocycles. The van der Waals surface area contributed by atoms with Gasteiger partial charge in [0, 0.05) is 33.5 Å². The molecule has 0 amide bonds. The second-order valence-corrected chi connectivity index (χ2v) is 7.81. The van der Waals surface area contributed by atoms with Crippen molar-refractivity contribution in [2.75, 3.05) is 6.79 Å². The first kappa shape index (κ1) is 17.1. The highest BCUT2D eigenvalue weighted by Crippen LogP contribution is 2.37. The minimum absolute atomic E-state index is 0.241. The molecule has 0 fully saturated rings. The standard InChI is InChI=1S/C19H12Cl2N2O3S/c20-12-4-10-7-24-9-25-17(10)11(5-12)8-27-19-23-15-6-14(21)13-2-1-3-22-16(13)18(15)26-19/h1-6H,7-9H2. The minimum atomic E-state index is 0.241. The summed E-state index contributed by atoms with van der Waals surface area (Å²) in [5.41, 5.74) is 3.96. The molecule has 0 unspecified atom stereocenters. The fourth-order valence-electron chi connectivity index (χ4n) is 3.12. The Morgan fingerprint density at radius 3 is 3.04 bits per heavy atom. The van der Waals surface area contributed by atoms with E-state index in [4.69, 9.17) is 37.1 Å². The average Bonchev–Trinajstić information content (AvgIpc) is 3.09. The molecule has 4 aromatic rings. The Morgan fingerprint density at radius 2 is 2.11 bits per heavy atom. The summed E-state index contributed by atoms with van der Waals surface area (Å²) in [4.78, 5) is 8.94. The monoisotopic (exact) mass is 418 g/mol. The summed E-state index contributed by atoms with van der Waals surface area (Å²) in [5, 5.41) is 2.64. The van der Waals surface area contributed by atoms with Gasteiger partial charge >= 0.3 is 0 Å². The van der Waals surface area contributed by atoms with E-state index < -0.39 is 0 Å². The van der Waals surface area contributed by atoms with Crippen LogP contribution in [0.15, 0.2) is 46.2 Å². The fraction of sp³-hybridized carbons (Fsp3) is 0.158. The quantitative estimate of drug-likeness (QED) is 0.389. The zero-order valence-corrected chi connectivity index (χ0v) is 16.2. The Labute approximate surface area is 168 Å². The van der Waals surface area contributed by atoms with Gasteiger partial charge in [-0.2, -0.15) is 0 Å². The van der Waals surface area contributed by atoms with Crippen molar-refractivity contribution < 1.29 is 13.9 Å². The number of rotatable bonds is 3. The Balaban J connectivity index is 1.49. The molecule has 8 heteroatoms. The highest BCUT2D eigenvalue weighted by atomic mass is 35.5. The van der Waals surface area contributed by atoms with Gasteiger partial charge in [-0.15, -0.1) is 0 Å². The maximum atomic E-state index is 6.34. The molecule has 27 heavy (non-hydrogen) atoms. The normalized spacial score (nSPS) is 13.7. The molecule has 3 heterocycles. The number of pyridine rings is 1. The van der Waals surface area contributed by atoms with Crippen LogP contribution >= 0.6 is 35.0 Å². The molecule has 5 rings (SSSR count). The van der Waals surface area contributed by atoms with E-state index in [1.807, 2.05) is 24.3 Å². The lowest BCUT2D eigenvalue weighted by Crippen LogP contribution is -2.12. The molecule has 0 radical (unpaired) electrons. The molecule has 5 nitrogen and oxygen atoms in total. The van der Waals surface area contributed by atoms with Crippen LogP contribution in [0.4, 0.5) is 0 Å². The molecular weight excluding hydrogens is 407 g/mol. The summed E-state index contributed by atoms with van der Waals surface area (Å²) in [5.74, 6) is 1.43. The van der Waals surface area contributed by atoms with E-state index in [-0.39, 0.29) is 6.79 Å². The van der Waals surface area contributed by atoms with Gasteiger partial charge in [0.25, 0.3) is 5.22 Å². The number of oxazole rings is 1. The van der Waals surface area contributed by atoms with Crippen molar-refractivity contribution in [2.45, 2.75) is 17.6 Å². The van der Waals surface area contributed by atoms with Crippen LogP contribution in [-0.2, 0) is 17.1 Å². The zero-order chi connectivity index (χ0) is 18.4. The third-order valence-electron chi connectivity index (χ3n) is 4.28. The van der Waals surface area contributed by atoms with Crippen LogP contribution in [0.2, 0.25) is 10.0 Å². The molecule has 1 aliphatic heterocycles. The van der Waals surface area contributed by atoms with E-state index in [0.29, 0.717) is 44.2 Å². The number of thioether (sulfide) groups is 1. The molecule has 0 N–H and O–H groups in total. The van der Waals surface area contributed by atoms with Crippen LogP contribution in [0.3, 0.4) is 0 Å². The van der Waals surface area contributed by atoms with Crippen molar-refractivity contribution >= 4 is 57.0 Å². The molecular formula is C19H12Cl2N2O3S. The fourth-order valence-corrected chi connectivity index (χ4v) is 4.44. The summed E-state index contributed by atoms with van der Waals surface area (Å²) in [6, 6.07) is 9.32. The van der Waals surface area contributed by atoms with Crippen molar-refractivity contribution in [1.82, 2.24) is 9.97 Å². The van der Waals surface area contributed by atoms with Crippen LogP contribution in [0.5, 0.6) is 5.75 Å². The Kier molecular flexibility index (Phi) is 4.36. The molecule has 1 aliphatic rings. The number of fused-ring (bicyclic) bond motifs is 4. The molecule has 0 aliphatic carbocycles. The number of nitrogens with zero attached hydrogens (tertiary/aromatic N) is 2. The van der Waals surface area contributed by atoms with Crippen LogP contribution in [0.1, 0.15) is 11.1 Å². The predicted octanol–water partition coefficient (Wildman–Crippen LogP) is 5.84. The maximum absolute atomic E-state index is 6.34. The lowest BCUT2D eigenvalue weighted by atomic mass is 10.1. The van der Waals surface area contributed by atoms with Gasteiger partial charge < -0.3 is 13.9 Å². The molecule has 0 atom stereocenters. The second kappa shape index (κ2) is 6.87. The van der Waals surface area contributed by atoms with Crippen molar-refractivity contribution in [1.29, 1.82) is 0 Å². The van der Waals surface area contributed by atoms with Crippen molar-refractivity contribution in [2.24, 2.45) is 0 Å². The van der Waals surface area contributed by atoms with Crippen molar-refractivity contribution in [3.05, 3.63) is 57.7 Å². The molecule has 2 aromatic carbocycles. The molecule has 0 saturated heterocycles. The first-order valence-corrected chi connectivity index (χ1v) is 9.91. The van der Waals surface area contributed by atoms with Gasteiger partial charge in [0.15, 0.2) is 12.4 Å². The topological polar surface area (TPSA) is 57.4 Å². The van der Waals surface area contributed by atoms with Gasteiger partial charge in [0.1, 0.15) is 16.8 Å². The lowest BCUT2D eigenvalue weighted by molar-refractivity contribution is -0.0168. The van der Waals surface area contributed by atoms with Crippen molar-refractivity contribution in [3.63, 3.8) is 0 Å². The van der Waals surface area contributed by atoms with Gasteiger partial charge in [0.05, 0.1) is 11.6 Å². The van der Waals surface area contributed by atoms with Crippen LogP contribution < -0.4 is 4.74 Å². The number of aromatic nitrogens is 2. The summed E-state index contributed by atoms with van der Waals surface area (Å²) in [7, 11) is 0. The van der Waals surface area contributed by atoms with E-state index in [2.05, 4.69) is 9.97 Å². The number of halogens is 2. The third kappa shape index (κ3) is 3.12. The van der Waals surface area contributed by atoms with E-state index >= 15 is 0 Å². The minimum Gasteiger partial charge on any atom is -0.467 e. The SMILES string of the molecule is Clc1cc2c(c(CSc3nc4cc(Cl)c5cccnc5c4o3)c1)OCOC2. The Bertz CT molecular complexity index is 1180. The first-order chi connectivity index (χ1) is 13.2. The highest BCUT2D eigenvalue weighted by Gasteiger charge is 2.18. The number of hydrogen-bond acceptors (Lipinski definition) is 6. The van der Waals surface area contributed by atoms with Crippen molar-refractivity contribution in [3.8, 4) is 5.75 Å². The lowest BCUT2D eigenvalue weighted by Gasteiger charge is -2.20. The van der Waals surface area contributed by atoms with Gasteiger partial charge in [-0.05, 0) is 30.3 Å². The van der Waals surface area contributed by atoms with Gasteiger partial charge in [-0.25, -0.2) is 4.98 Å². The van der Waals surface area contributed by atoms with Gasteiger partial charge in [-0.1, -0.05) is 35.0 Å². The third-order valence-corrected chi connectivity index (χ3v) is 5.69. The van der Waals surface area contributed by atoms with Crippen LogP contribution in [0.25, 0.3) is 22.0 Å². The van der Waals surface area contributed by atoms with Gasteiger partial charge in [0.2, 0.25) is 0 Å². The smallest absolute Gasteiger partial charge is 0.257 e. The summed E-state index contributed by atoms with van der Waals surface area (Å²) < 4.78 is 16.9.